The van der Waals surface area contributed by atoms with E-state index < -0.39 is 0 Å². The minimum absolute atomic E-state index is 0.171. The molecule has 0 amide bonds. The Morgan fingerprint density at radius 3 is 2.82 bits per heavy atom. The van der Waals surface area contributed by atoms with Crippen LogP contribution in [-0.4, -0.2) is 56.3 Å². The Hall–Kier alpha value is -3.36. The zero-order valence-electron chi connectivity index (χ0n) is 19.0. The lowest BCUT2D eigenvalue weighted by Crippen LogP contribution is -2.34. The van der Waals surface area contributed by atoms with Crippen LogP contribution in [0.15, 0.2) is 59.8 Å². The second-order valence-corrected chi connectivity index (χ2v) is 7.77. The third-order valence-electron chi connectivity index (χ3n) is 5.70. The average Bonchev–Trinajstić information content (AvgIpc) is 2.85. The molecule has 2 aliphatic heterocycles. The molecule has 0 spiro atoms. The van der Waals surface area contributed by atoms with Crippen LogP contribution in [0.25, 0.3) is 16.8 Å². The molecule has 1 fully saturated rings. The van der Waals surface area contributed by atoms with E-state index in [1.165, 1.54) is 0 Å². The summed E-state index contributed by atoms with van der Waals surface area (Å²) in [5, 5.41) is 0. The fourth-order valence-electron chi connectivity index (χ4n) is 3.91. The normalized spacial score (nSPS) is 17.5. The summed E-state index contributed by atoms with van der Waals surface area (Å²) in [6.45, 7) is 10.3. The minimum atomic E-state index is -0.331. The van der Waals surface area contributed by atoms with Gasteiger partial charge in [-0.1, -0.05) is 31.4 Å². The maximum Gasteiger partial charge on any atom is 0.351 e. The molecule has 1 unspecified atom stereocenters. The average molecular weight is 453 g/mol. The summed E-state index contributed by atoms with van der Waals surface area (Å²) < 4.78 is 29.0. The SMILES string of the molecule is C=C(/C=C(\C(=C)OC)c1ccc2c(c1)CCn1c-2cc(OCC2COCCO2)nc1=O)OC. The summed E-state index contributed by atoms with van der Waals surface area (Å²) in [4.78, 5) is 16.8. The van der Waals surface area contributed by atoms with Crippen molar-refractivity contribution in [3.05, 3.63) is 76.6 Å². The van der Waals surface area contributed by atoms with Crippen molar-refractivity contribution in [2.24, 2.45) is 0 Å². The van der Waals surface area contributed by atoms with Crippen molar-refractivity contribution in [2.45, 2.75) is 19.1 Å². The van der Waals surface area contributed by atoms with Crippen molar-refractivity contribution < 1.29 is 23.7 Å². The van der Waals surface area contributed by atoms with Crippen LogP contribution in [-0.2, 0) is 31.9 Å². The number of allylic oxidation sites excluding steroid dienone is 2. The largest absolute Gasteiger partial charge is 0.497 e. The Kier molecular flexibility index (Phi) is 6.96. The topological polar surface area (TPSA) is 81.0 Å². The first-order valence-corrected chi connectivity index (χ1v) is 10.8. The minimum Gasteiger partial charge on any atom is -0.497 e. The highest BCUT2D eigenvalue weighted by molar-refractivity contribution is 5.80. The van der Waals surface area contributed by atoms with Crippen LogP contribution in [0, 0.1) is 0 Å². The lowest BCUT2D eigenvalue weighted by Gasteiger charge is -2.24. The van der Waals surface area contributed by atoms with Crippen molar-refractivity contribution in [3.8, 4) is 17.1 Å². The van der Waals surface area contributed by atoms with Crippen LogP contribution < -0.4 is 10.4 Å². The van der Waals surface area contributed by atoms with E-state index in [4.69, 9.17) is 23.7 Å². The molecule has 33 heavy (non-hydrogen) atoms. The summed E-state index contributed by atoms with van der Waals surface area (Å²) in [5.74, 6) is 1.29. The molecule has 1 saturated heterocycles. The van der Waals surface area contributed by atoms with Crippen LogP contribution in [0.4, 0.5) is 0 Å². The number of benzene rings is 1. The third-order valence-corrected chi connectivity index (χ3v) is 5.70. The Labute approximate surface area is 192 Å². The highest BCUT2D eigenvalue weighted by Crippen LogP contribution is 2.33. The molecule has 0 N–H and O–H groups in total. The van der Waals surface area contributed by atoms with Gasteiger partial charge in [0.2, 0.25) is 5.88 Å². The number of rotatable bonds is 8. The fourth-order valence-corrected chi connectivity index (χ4v) is 3.91. The van der Waals surface area contributed by atoms with Crippen molar-refractivity contribution in [3.63, 3.8) is 0 Å². The summed E-state index contributed by atoms with van der Waals surface area (Å²) in [7, 11) is 3.14. The summed E-state index contributed by atoms with van der Waals surface area (Å²) in [6.07, 6.45) is 2.32. The predicted molar refractivity (Wildman–Crippen MR) is 124 cm³/mol. The molecule has 0 aliphatic carbocycles. The number of methoxy groups -OCH3 is 2. The molecule has 0 radical (unpaired) electrons. The molecular formula is C25H28N2O6. The van der Waals surface area contributed by atoms with E-state index in [-0.39, 0.29) is 24.3 Å². The summed E-state index contributed by atoms with van der Waals surface area (Å²) in [6, 6.07) is 7.84. The van der Waals surface area contributed by atoms with Gasteiger partial charge >= 0.3 is 5.69 Å². The molecule has 174 valence electrons. The van der Waals surface area contributed by atoms with Gasteiger partial charge in [0, 0.05) is 23.7 Å². The number of nitrogens with zero attached hydrogens (tertiary/aromatic N) is 2. The molecule has 1 aromatic heterocycles. The molecule has 1 atom stereocenters. The van der Waals surface area contributed by atoms with Crippen molar-refractivity contribution in [2.75, 3.05) is 40.6 Å². The molecule has 4 rings (SSSR count). The van der Waals surface area contributed by atoms with Gasteiger partial charge in [0.05, 0.1) is 39.7 Å². The number of hydrogen-bond donors (Lipinski definition) is 0. The van der Waals surface area contributed by atoms with Gasteiger partial charge in [0.15, 0.2) is 0 Å². The van der Waals surface area contributed by atoms with Gasteiger partial charge in [-0.25, -0.2) is 4.79 Å². The first kappa shape index (κ1) is 22.8. The zero-order valence-corrected chi connectivity index (χ0v) is 19.0. The van der Waals surface area contributed by atoms with E-state index in [0.717, 1.165) is 28.0 Å². The second kappa shape index (κ2) is 10.1. The van der Waals surface area contributed by atoms with E-state index in [1.54, 1.807) is 30.9 Å². The van der Waals surface area contributed by atoms with Crippen LogP contribution in [0.1, 0.15) is 11.1 Å². The fraction of sp³-hybridized carbons (Fsp3) is 0.360. The third kappa shape index (κ3) is 5.02. The number of ether oxygens (including phenoxy) is 5. The van der Waals surface area contributed by atoms with E-state index in [2.05, 4.69) is 24.2 Å². The van der Waals surface area contributed by atoms with Gasteiger partial charge < -0.3 is 23.7 Å². The smallest absolute Gasteiger partial charge is 0.351 e. The summed E-state index contributed by atoms with van der Waals surface area (Å²) in [5.41, 5.74) is 4.21. The molecule has 2 aromatic rings. The molecule has 3 heterocycles. The van der Waals surface area contributed by atoms with Crippen LogP contribution in [0.3, 0.4) is 0 Å². The highest BCUT2D eigenvalue weighted by atomic mass is 16.6. The lowest BCUT2D eigenvalue weighted by molar-refractivity contribution is -0.102. The first-order valence-electron chi connectivity index (χ1n) is 10.8. The molecule has 1 aromatic carbocycles. The number of aryl methyl sites for hydroxylation is 1. The molecule has 0 bridgehead atoms. The standard InChI is InChI=1S/C25H28N2O6/c1-16(29-3)11-22(17(2)30-4)18-5-6-21-19(12-18)7-8-27-23(21)13-24(26-25(27)28)33-15-20-14-31-9-10-32-20/h5-6,11-13,20H,1-2,7-10,14-15H2,3-4H3/b22-11+. The number of aromatic nitrogens is 2. The predicted octanol–water partition coefficient (Wildman–Crippen LogP) is 2.96. The van der Waals surface area contributed by atoms with Crippen molar-refractivity contribution in [1.29, 1.82) is 0 Å². The Bertz CT molecular complexity index is 1140. The Balaban J connectivity index is 1.65. The van der Waals surface area contributed by atoms with Crippen LogP contribution in [0.5, 0.6) is 5.88 Å². The van der Waals surface area contributed by atoms with Crippen molar-refractivity contribution >= 4 is 5.57 Å². The van der Waals surface area contributed by atoms with E-state index in [0.29, 0.717) is 44.3 Å². The maximum atomic E-state index is 12.7. The molecule has 2 aliphatic rings. The number of fused-ring (bicyclic) bond motifs is 3. The van der Waals surface area contributed by atoms with Crippen LogP contribution >= 0.6 is 0 Å². The first-order chi connectivity index (χ1) is 16.0. The quantitative estimate of drug-likeness (QED) is 0.450. The molecule has 8 nitrogen and oxygen atoms in total. The van der Waals surface area contributed by atoms with Crippen LogP contribution in [0.2, 0.25) is 0 Å². The van der Waals surface area contributed by atoms with Gasteiger partial charge in [0.1, 0.15) is 24.2 Å². The molecular weight excluding hydrogens is 424 g/mol. The van der Waals surface area contributed by atoms with Gasteiger partial charge in [-0.15, -0.1) is 0 Å². The number of hydrogen-bond acceptors (Lipinski definition) is 7. The van der Waals surface area contributed by atoms with E-state index in [1.807, 2.05) is 12.1 Å². The second-order valence-electron chi connectivity index (χ2n) is 7.77. The monoisotopic (exact) mass is 452 g/mol. The van der Waals surface area contributed by atoms with Gasteiger partial charge in [-0.05, 0) is 23.6 Å². The molecule has 8 heteroatoms. The highest BCUT2D eigenvalue weighted by Gasteiger charge is 2.22. The molecule has 0 saturated carbocycles. The van der Waals surface area contributed by atoms with Gasteiger partial charge in [-0.2, -0.15) is 4.98 Å². The Morgan fingerprint density at radius 1 is 1.24 bits per heavy atom. The van der Waals surface area contributed by atoms with E-state index >= 15 is 0 Å². The lowest BCUT2D eigenvalue weighted by atomic mass is 9.92. The maximum absolute atomic E-state index is 12.7. The van der Waals surface area contributed by atoms with Gasteiger partial charge in [-0.3, -0.25) is 4.57 Å². The van der Waals surface area contributed by atoms with E-state index in [9.17, 15) is 4.79 Å². The Morgan fingerprint density at radius 2 is 2.09 bits per heavy atom. The summed E-state index contributed by atoms with van der Waals surface area (Å²) >= 11 is 0. The van der Waals surface area contributed by atoms with Gasteiger partial charge in [0.25, 0.3) is 0 Å². The zero-order chi connectivity index (χ0) is 23.4. The van der Waals surface area contributed by atoms with Crippen molar-refractivity contribution in [1.82, 2.24) is 9.55 Å².